The molecular formula is C20H22F3N3O. The molecule has 27 heavy (non-hydrogen) atoms. The number of nitrogens with zero attached hydrogens (tertiary/aromatic N) is 3. The molecule has 0 fully saturated rings. The van der Waals surface area contributed by atoms with Crippen LogP contribution in [0, 0.1) is 0 Å². The molecule has 144 valence electrons. The predicted octanol–water partition coefficient (Wildman–Crippen LogP) is 4.48. The maximum absolute atomic E-state index is 13.2. The summed E-state index contributed by atoms with van der Waals surface area (Å²) < 4.78 is 39.5. The smallest absolute Gasteiger partial charge is 0.381 e. The van der Waals surface area contributed by atoms with Crippen molar-refractivity contribution in [3.63, 3.8) is 0 Å². The van der Waals surface area contributed by atoms with Crippen LogP contribution in [0.2, 0.25) is 0 Å². The summed E-state index contributed by atoms with van der Waals surface area (Å²) in [4.78, 5) is 19.9. The number of hydrogen-bond acceptors (Lipinski definition) is 4. The first-order valence-electron chi connectivity index (χ1n) is 8.26. The van der Waals surface area contributed by atoms with Crippen molar-refractivity contribution in [1.82, 2.24) is 9.88 Å². The van der Waals surface area contributed by atoms with E-state index in [1.54, 1.807) is 38.4 Å². The van der Waals surface area contributed by atoms with Crippen molar-refractivity contribution < 1.29 is 18.0 Å². The number of allylic oxidation sites excluding steroid dienone is 2. The van der Waals surface area contributed by atoms with E-state index in [1.807, 2.05) is 25.9 Å². The van der Waals surface area contributed by atoms with Crippen molar-refractivity contribution in [3.05, 3.63) is 59.3 Å². The maximum Gasteiger partial charge on any atom is 0.416 e. The van der Waals surface area contributed by atoms with Crippen LogP contribution >= 0.6 is 0 Å². The van der Waals surface area contributed by atoms with Gasteiger partial charge in [-0.2, -0.15) is 13.2 Å². The third-order valence-corrected chi connectivity index (χ3v) is 4.11. The Kier molecular flexibility index (Phi) is 5.93. The molecule has 7 heteroatoms. The average molecular weight is 377 g/mol. The van der Waals surface area contributed by atoms with E-state index in [9.17, 15) is 18.0 Å². The fraction of sp³-hybridized carbons (Fsp3) is 0.300. The molecule has 1 heterocycles. The molecule has 0 atom stereocenters. The number of hydrogen-bond donors (Lipinski definition) is 0. The van der Waals surface area contributed by atoms with Crippen LogP contribution in [0.25, 0.3) is 11.3 Å². The molecule has 0 aliphatic carbocycles. The van der Waals surface area contributed by atoms with E-state index < -0.39 is 11.7 Å². The summed E-state index contributed by atoms with van der Waals surface area (Å²) in [5, 5.41) is 0. The number of pyridine rings is 1. The van der Waals surface area contributed by atoms with E-state index in [1.165, 1.54) is 11.0 Å². The largest absolute Gasteiger partial charge is 0.416 e. The lowest BCUT2D eigenvalue weighted by atomic mass is 10.0. The van der Waals surface area contributed by atoms with Crippen LogP contribution in [-0.4, -0.2) is 43.9 Å². The molecule has 0 unspecified atom stereocenters. The number of anilines is 1. The molecule has 0 saturated carbocycles. The number of benzene rings is 1. The Morgan fingerprint density at radius 2 is 1.63 bits per heavy atom. The third kappa shape index (κ3) is 5.09. The van der Waals surface area contributed by atoms with Gasteiger partial charge >= 0.3 is 6.18 Å². The molecule has 1 aromatic heterocycles. The lowest BCUT2D eigenvalue weighted by Crippen LogP contribution is -2.14. The minimum atomic E-state index is -4.47. The van der Waals surface area contributed by atoms with Gasteiger partial charge in [-0.25, -0.2) is 4.98 Å². The summed E-state index contributed by atoms with van der Waals surface area (Å²) in [5.41, 5.74) is 1.21. The highest BCUT2D eigenvalue weighted by atomic mass is 19.4. The summed E-state index contributed by atoms with van der Waals surface area (Å²) in [5.74, 6) is 0.0447. The van der Waals surface area contributed by atoms with Crippen LogP contribution in [0.15, 0.2) is 48.2 Å². The molecule has 2 aromatic rings. The Labute approximate surface area is 156 Å². The Hall–Kier alpha value is -2.83. The van der Waals surface area contributed by atoms with E-state index in [4.69, 9.17) is 0 Å². The first-order chi connectivity index (χ1) is 12.5. The minimum Gasteiger partial charge on any atom is -0.381 e. The molecule has 0 bridgehead atoms. The van der Waals surface area contributed by atoms with E-state index in [2.05, 4.69) is 4.98 Å². The van der Waals surface area contributed by atoms with Gasteiger partial charge in [-0.1, -0.05) is 24.3 Å². The van der Waals surface area contributed by atoms with Gasteiger partial charge < -0.3 is 9.80 Å². The zero-order chi connectivity index (χ0) is 20.4. The molecule has 0 saturated heterocycles. The number of aromatic nitrogens is 1. The molecule has 2 rings (SSSR count). The van der Waals surface area contributed by atoms with Gasteiger partial charge in [0.05, 0.1) is 11.3 Å². The first-order valence-corrected chi connectivity index (χ1v) is 8.26. The molecule has 4 nitrogen and oxygen atoms in total. The second-order valence-electron chi connectivity index (χ2n) is 6.61. The Morgan fingerprint density at radius 3 is 2.11 bits per heavy atom. The number of halogens is 3. The molecule has 0 aliphatic rings. The number of carbonyl (C=O) groups is 1. The van der Waals surface area contributed by atoms with E-state index in [-0.39, 0.29) is 17.3 Å². The molecule has 1 aromatic carbocycles. The quantitative estimate of drug-likeness (QED) is 0.569. The SMILES string of the molecule is C/C(=C\C(=O)c1ccc(-c2cc(C(F)(F)F)cc(N(C)C)n2)cc1)N(C)C. The highest BCUT2D eigenvalue weighted by molar-refractivity contribution is 6.05. The van der Waals surface area contributed by atoms with Gasteiger partial charge in [0.25, 0.3) is 0 Å². The second kappa shape index (κ2) is 7.82. The van der Waals surface area contributed by atoms with E-state index in [0.29, 0.717) is 11.1 Å². The van der Waals surface area contributed by atoms with Crippen molar-refractivity contribution >= 4 is 11.6 Å². The van der Waals surface area contributed by atoms with Gasteiger partial charge in [0, 0.05) is 51.1 Å². The normalized spacial score (nSPS) is 12.1. The molecule has 0 aliphatic heterocycles. The standard InChI is InChI=1S/C20H22F3N3O/c1-13(25(2)3)10-18(27)15-8-6-14(7-9-15)17-11-16(20(21,22)23)12-19(24-17)26(4)5/h6-12H,1-5H3/b13-10+. The number of alkyl halides is 3. The topological polar surface area (TPSA) is 36.4 Å². The number of rotatable bonds is 5. The van der Waals surface area contributed by atoms with Gasteiger partial charge in [-0.15, -0.1) is 0 Å². The van der Waals surface area contributed by atoms with E-state index in [0.717, 1.165) is 17.8 Å². The third-order valence-electron chi connectivity index (χ3n) is 4.11. The van der Waals surface area contributed by atoms with Crippen molar-refractivity contribution in [2.75, 3.05) is 33.1 Å². The molecular weight excluding hydrogens is 355 g/mol. The van der Waals surface area contributed by atoms with Crippen LogP contribution in [0.3, 0.4) is 0 Å². The van der Waals surface area contributed by atoms with Crippen molar-refractivity contribution in [1.29, 1.82) is 0 Å². The second-order valence-corrected chi connectivity index (χ2v) is 6.61. The summed E-state index contributed by atoms with van der Waals surface area (Å²) in [6, 6.07) is 8.42. The van der Waals surface area contributed by atoms with Crippen molar-refractivity contribution in [3.8, 4) is 11.3 Å². The zero-order valence-corrected chi connectivity index (χ0v) is 15.9. The maximum atomic E-state index is 13.2. The first kappa shape index (κ1) is 20.5. The average Bonchev–Trinajstić information content (AvgIpc) is 2.60. The molecule has 0 spiro atoms. The van der Waals surface area contributed by atoms with Crippen LogP contribution in [0.4, 0.5) is 19.0 Å². The summed E-state index contributed by atoms with van der Waals surface area (Å²) in [6.07, 6.45) is -2.95. The van der Waals surface area contributed by atoms with Gasteiger partial charge in [0.15, 0.2) is 5.78 Å². The minimum absolute atomic E-state index is 0.168. The van der Waals surface area contributed by atoms with Crippen LogP contribution in [-0.2, 0) is 6.18 Å². The molecule has 0 radical (unpaired) electrons. The fourth-order valence-electron chi connectivity index (χ4n) is 2.26. The van der Waals surface area contributed by atoms with Crippen LogP contribution in [0.1, 0.15) is 22.8 Å². The summed E-state index contributed by atoms with van der Waals surface area (Å²) in [6.45, 7) is 1.82. The highest BCUT2D eigenvalue weighted by Crippen LogP contribution is 2.33. The van der Waals surface area contributed by atoms with Gasteiger partial charge in [-0.05, 0) is 19.1 Å². The Morgan fingerprint density at radius 1 is 1.04 bits per heavy atom. The van der Waals surface area contributed by atoms with Gasteiger partial charge in [0.2, 0.25) is 0 Å². The lowest BCUT2D eigenvalue weighted by Gasteiger charge is -2.16. The van der Waals surface area contributed by atoms with Crippen molar-refractivity contribution in [2.45, 2.75) is 13.1 Å². The molecule has 0 amide bonds. The summed E-state index contributed by atoms with van der Waals surface area (Å²) >= 11 is 0. The number of carbonyl (C=O) groups excluding carboxylic acids is 1. The van der Waals surface area contributed by atoms with Gasteiger partial charge in [0.1, 0.15) is 5.82 Å². The fourth-order valence-corrected chi connectivity index (χ4v) is 2.26. The van der Waals surface area contributed by atoms with Gasteiger partial charge in [-0.3, -0.25) is 4.79 Å². The monoisotopic (exact) mass is 377 g/mol. The predicted molar refractivity (Wildman–Crippen MR) is 101 cm³/mol. The van der Waals surface area contributed by atoms with Crippen LogP contribution < -0.4 is 4.90 Å². The number of ketones is 1. The van der Waals surface area contributed by atoms with E-state index >= 15 is 0 Å². The molecule has 0 N–H and O–H groups in total. The Bertz CT molecular complexity index is 854. The summed E-state index contributed by atoms with van der Waals surface area (Å²) in [7, 11) is 6.94. The zero-order valence-electron chi connectivity index (χ0n) is 15.9. The lowest BCUT2D eigenvalue weighted by molar-refractivity contribution is -0.137. The highest BCUT2D eigenvalue weighted by Gasteiger charge is 2.32. The Balaban J connectivity index is 2.41. The van der Waals surface area contributed by atoms with Crippen molar-refractivity contribution in [2.24, 2.45) is 0 Å². The van der Waals surface area contributed by atoms with Crippen LogP contribution in [0.5, 0.6) is 0 Å².